The third-order valence-electron chi connectivity index (χ3n) is 1.78. The van der Waals surface area contributed by atoms with E-state index in [1.54, 1.807) is 6.92 Å². The second-order valence-corrected chi connectivity index (χ2v) is 4.05. The Morgan fingerprint density at radius 3 is 2.25 bits per heavy atom. The predicted molar refractivity (Wildman–Crippen MR) is 53.0 cm³/mol. The van der Waals surface area contributed by atoms with Gasteiger partial charge in [0.1, 0.15) is 0 Å². The van der Waals surface area contributed by atoms with Crippen molar-refractivity contribution in [2.24, 2.45) is 0 Å². The molecule has 0 bridgehead atoms. The van der Waals surface area contributed by atoms with Crippen LogP contribution in [0.4, 0.5) is 22.0 Å². The Bertz CT molecular complexity index is 373. The number of halogens is 6. The molecule has 0 aliphatic carbocycles. The molecule has 0 aliphatic rings. The molecule has 0 spiro atoms. The lowest BCUT2D eigenvalue weighted by Crippen LogP contribution is -2.36. The van der Waals surface area contributed by atoms with Gasteiger partial charge >= 0.3 is 12.1 Å². The SMILES string of the molecule is CCCn1nnc(I)c1C(F)(F)C(F)(F)F. The second kappa shape index (κ2) is 4.41. The molecule has 0 saturated carbocycles. The molecule has 16 heavy (non-hydrogen) atoms. The minimum atomic E-state index is -5.64. The summed E-state index contributed by atoms with van der Waals surface area (Å²) in [5.74, 6) is -4.93. The highest BCUT2D eigenvalue weighted by Gasteiger charge is 2.62. The van der Waals surface area contributed by atoms with Crippen molar-refractivity contribution in [2.45, 2.75) is 32.0 Å². The lowest BCUT2D eigenvalue weighted by atomic mass is 10.2. The van der Waals surface area contributed by atoms with Gasteiger partial charge in [-0.1, -0.05) is 12.1 Å². The maximum Gasteiger partial charge on any atom is 0.459 e. The lowest BCUT2D eigenvalue weighted by molar-refractivity contribution is -0.292. The number of alkyl halides is 5. The van der Waals surface area contributed by atoms with Crippen molar-refractivity contribution in [3.05, 3.63) is 9.39 Å². The van der Waals surface area contributed by atoms with Crippen molar-refractivity contribution in [1.82, 2.24) is 15.0 Å². The first-order valence-corrected chi connectivity index (χ1v) is 5.33. The van der Waals surface area contributed by atoms with E-state index in [9.17, 15) is 22.0 Å². The summed E-state index contributed by atoms with van der Waals surface area (Å²) >= 11 is 1.31. The zero-order valence-electron chi connectivity index (χ0n) is 8.02. The molecule has 1 aromatic rings. The summed E-state index contributed by atoms with van der Waals surface area (Å²) in [6.07, 6.45) is -5.25. The topological polar surface area (TPSA) is 30.7 Å². The molecule has 92 valence electrons. The molecule has 0 fully saturated rings. The first-order valence-electron chi connectivity index (χ1n) is 4.25. The summed E-state index contributed by atoms with van der Waals surface area (Å²) in [5.41, 5.74) is -1.19. The summed E-state index contributed by atoms with van der Waals surface area (Å²) in [4.78, 5) is 0. The van der Waals surface area contributed by atoms with Crippen LogP contribution in [-0.4, -0.2) is 21.2 Å². The molecule has 0 aromatic carbocycles. The molecule has 1 heterocycles. The smallest absolute Gasteiger partial charge is 0.242 e. The van der Waals surface area contributed by atoms with E-state index in [0.717, 1.165) is 0 Å². The van der Waals surface area contributed by atoms with E-state index in [-0.39, 0.29) is 6.54 Å². The average molecular weight is 355 g/mol. The van der Waals surface area contributed by atoms with E-state index in [1.807, 2.05) is 0 Å². The fourth-order valence-corrected chi connectivity index (χ4v) is 1.80. The van der Waals surface area contributed by atoms with E-state index >= 15 is 0 Å². The van der Waals surface area contributed by atoms with Gasteiger partial charge in [-0.3, -0.25) is 0 Å². The molecule has 0 aliphatic heterocycles. The van der Waals surface area contributed by atoms with Gasteiger partial charge in [0.2, 0.25) is 0 Å². The number of hydrogen-bond acceptors (Lipinski definition) is 2. The Morgan fingerprint density at radius 2 is 1.81 bits per heavy atom. The molecule has 0 amide bonds. The molecule has 0 atom stereocenters. The maximum atomic E-state index is 13.1. The van der Waals surface area contributed by atoms with E-state index in [4.69, 9.17) is 0 Å². The standard InChI is InChI=1S/C7H7F5IN3/c1-2-3-16-4(5(13)14-15-16)6(8,9)7(10,11)12/h2-3H2,1H3. The number of nitrogens with zero attached hydrogens (tertiary/aromatic N) is 3. The van der Waals surface area contributed by atoms with Crippen LogP contribution >= 0.6 is 22.6 Å². The monoisotopic (exact) mass is 355 g/mol. The second-order valence-electron chi connectivity index (χ2n) is 3.02. The third-order valence-corrected chi connectivity index (χ3v) is 2.51. The van der Waals surface area contributed by atoms with Gasteiger partial charge < -0.3 is 0 Å². The summed E-state index contributed by atoms with van der Waals surface area (Å²) in [6, 6.07) is 0. The lowest BCUT2D eigenvalue weighted by Gasteiger charge is -2.20. The predicted octanol–water partition coefficient (Wildman–Crippen LogP) is 2.95. The quantitative estimate of drug-likeness (QED) is 0.617. The summed E-state index contributed by atoms with van der Waals surface area (Å²) in [7, 11) is 0. The van der Waals surface area contributed by atoms with Gasteiger partial charge in [-0.05, 0) is 29.0 Å². The van der Waals surface area contributed by atoms with Gasteiger partial charge in [-0.25, -0.2) is 4.68 Å². The normalized spacial score (nSPS) is 13.2. The largest absolute Gasteiger partial charge is 0.459 e. The highest BCUT2D eigenvalue weighted by atomic mass is 127. The molecular weight excluding hydrogens is 348 g/mol. The first kappa shape index (κ1) is 13.6. The van der Waals surface area contributed by atoms with Crippen molar-refractivity contribution < 1.29 is 22.0 Å². The zero-order chi connectivity index (χ0) is 12.6. The van der Waals surface area contributed by atoms with Crippen LogP contribution in [0.2, 0.25) is 0 Å². The minimum absolute atomic E-state index is 0.0307. The van der Waals surface area contributed by atoms with Crippen molar-refractivity contribution in [3.63, 3.8) is 0 Å². The Balaban J connectivity index is 3.25. The molecule has 1 aromatic heterocycles. The van der Waals surface area contributed by atoms with Crippen LogP contribution in [0.25, 0.3) is 0 Å². The van der Waals surface area contributed by atoms with Crippen LogP contribution in [0.3, 0.4) is 0 Å². The van der Waals surface area contributed by atoms with Crippen LogP contribution in [-0.2, 0) is 12.5 Å². The third kappa shape index (κ3) is 2.28. The molecule has 0 saturated heterocycles. The van der Waals surface area contributed by atoms with Crippen molar-refractivity contribution in [1.29, 1.82) is 0 Å². The highest BCUT2D eigenvalue weighted by molar-refractivity contribution is 14.1. The highest BCUT2D eigenvalue weighted by Crippen LogP contribution is 2.44. The Kier molecular flexibility index (Phi) is 3.75. The number of aryl methyl sites for hydroxylation is 1. The minimum Gasteiger partial charge on any atom is -0.242 e. The molecule has 3 nitrogen and oxygen atoms in total. The molecule has 0 radical (unpaired) electrons. The van der Waals surface area contributed by atoms with E-state index in [0.29, 0.717) is 11.1 Å². The van der Waals surface area contributed by atoms with E-state index < -0.39 is 21.5 Å². The fourth-order valence-electron chi connectivity index (χ4n) is 1.09. The van der Waals surface area contributed by atoms with Gasteiger partial charge in [0, 0.05) is 6.54 Å². The van der Waals surface area contributed by atoms with Gasteiger partial charge in [0.25, 0.3) is 0 Å². The first-order chi connectivity index (χ1) is 7.21. The number of aromatic nitrogens is 3. The van der Waals surface area contributed by atoms with Crippen LogP contribution in [0.5, 0.6) is 0 Å². The van der Waals surface area contributed by atoms with E-state index in [1.165, 1.54) is 22.6 Å². The van der Waals surface area contributed by atoms with Crippen molar-refractivity contribution in [3.8, 4) is 0 Å². The van der Waals surface area contributed by atoms with Gasteiger partial charge in [0.15, 0.2) is 9.39 Å². The Hall–Kier alpha value is -0.480. The van der Waals surface area contributed by atoms with Crippen LogP contribution in [0.1, 0.15) is 19.0 Å². The van der Waals surface area contributed by atoms with E-state index in [2.05, 4.69) is 10.3 Å². The molecule has 9 heteroatoms. The maximum absolute atomic E-state index is 13.1. The average Bonchev–Trinajstić information content (AvgIpc) is 2.46. The van der Waals surface area contributed by atoms with Crippen LogP contribution < -0.4 is 0 Å². The van der Waals surface area contributed by atoms with Crippen molar-refractivity contribution in [2.75, 3.05) is 0 Å². The van der Waals surface area contributed by atoms with Gasteiger partial charge in [-0.2, -0.15) is 22.0 Å². The Morgan fingerprint density at radius 1 is 1.25 bits per heavy atom. The van der Waals surface area contributed by atoms with Crippen molar-refractivity contribution >= 4 is 22.6 Å². The van der Waals surface area contributed by atoms with Crippen LogP contribution in [0.15, 0.2) is 0 Å². The summed E-state index contributed by atoms with van der Waals surface area (Å²) in [6.45, 7) is 1.61. The Labute approximate surface area is 101 Å². The van der Waals surface area contributed by atoms with Gasteiger partial charge in [-0.15, -0.1) is 5.10 Å². The summed E-state index contributed by atoms with van der Waals surface area (Å²) < 4.78 is 62.9. The zero-order valence-corrected chi connectivity index (χ0v) is 10.2. The molecule has 0 unspecified atom stereocenters. The summed E-state index contributed by atoms with van der Waals surface area (Å²) in [5, 5.41) is 6.50. The van der Waals surface area contributed by atoms with Crippen LogP contribution in [0, 0.1) is 3.70 Å². The molecule has 0 N–H and O–H groups in total. The number of rotatable bonds is 3. The molecular formula is C7H7F5IN3. The number of hydrogen-bond donors (Lipinski definition) is 0. The molecule has 1 rings (SSSR count). The fraction of sp³-hybridized carbons (Fsp3) is 0.714. The van der Waals surface area contributed by atoms with Gasteiger partial charge in [0.05, 0.1) is 0 Å².